The maximum Gasteiger partial charge on any atom is 0.311 e. The molecular formula is C16H32O3. The zero-order valence-electron chi connectivity index (χ0n) is 13.4. The highest BCUT2D eigenvalue weighted by atomic mass is 16.5. The van der Waals surface area contributed by atoms with Crippen molar-refractivity contribution < 1.29 is 14.3 Å². The van der Waals surface area contributed by atoms with Crippen molar-refractivity contribution >= 4 is 5.97 Å². The Morgan fingerprint density at radius 1 is 1.16 bits per heavy atom. The van der Waals surface area contributed by atoms with E-state index in [2.05, 4.69) is 27.7 Å². The molecule has 0 heterocycles. The number of hydrogen-bond acceptors (Lipinski definition) is 3. The van der Waals surface area contributed by atoms with Gasteiger partial charge < -0.3 is 9.47 Å². The van der Waals surface area contributed by atoms with Crippen molar-refractivity contribution in [2.45, 2.75) is 59.8 Å². The largest absolute Gasteiger partial charge is 0.465 e. The molecule has 0 radical (unpaired) electrons. The number of carbonyl (C=O) groups is 1. The molecule has 0 saturated carbocycles. The number of hydrogen-bond donors (Lipinski definition) is 0. The van der Waals surface area contributed by atoms with Crippen molar-refractivity contribution in [1.29, 1.82) is 0 Å². The van der Waals surface area contributed by atoms with Crippen LogP contribution in [0.5, 0.6) is 0 Å². The minimum Gasteiger partial charge on any atom is -0.465 e. The highest BCUT2D eigenvalue weighted by Crippen LogP contribution is 2.23. The number of ether oxygens (including phenoxy) is 2. The van der Waals surface area contributed by atoms with Crippen molar-refractivity contribution in [3.8, 4) is 0 Å². The van der Waals surface area contributed by atoms with Gasteiger partial charge in [-0.15, -0.1) is 0 Å². The fourth-order valence-corrected chi connectivity index (χ4v) is 2.18. The number of rotatable bonds is 11. The van der Waals surface area contributed by atoms with Gasteiger partial charge in [0.05, 0.1) is 19.1 Å². The lowest BCUT2D eigenvalue weighted by molar-refractivity contribution is -0.152. The average Bonchev–Trinajstić information content (AvgIpc) is 2.39. The van der Waals surface area contributed by atoms with E-state index in [9.17, 15) is 4.79 Å². The van der Waals surface area contributed by atoms with Gasteiger partial charge in [-0.1, -0.05) is 53.4 Å². The summed E-state index contributed by atoms with van der Waals surface area (Å²) in [6.45, 7) is 9.48. The van der Waals surface area contributed by atoms with Gasteiger partial charge in [-0.05, 0) is 18.3 Å². The number of unbranched alkanes of at least 4 members (excludes halogenated alkanes) is 1. The Labute approximate surface area is 119 Å². The fourth-order valence-electron chi connectivity index (χ4n) is 2.18. The summed E-state index contributed by atoms with van der Waals surface area (Å²) in [6.07, 6.45) is 5.66. The van der Waals surface area contributed by atoms with Crippen molar-refractivity contribution in [1.82, 2.24) is 0 Å². The Bertz CT molecular complexity index is 226. The normalized spacial score (nSPS) is 14.4. The molecule has 0 aromatic carbocycles. The number of esters is 1. The second-order valence-electron chi connectivity index (χ2n) is 5.83. The minimum atomic E-state index is -0.106. The monoisotopic (exact) mass is 272 g/mol. The van der Waals surface area contributed by atoms with Crippen molar-refractivity contribution in [3.63, 3.8) is 0 Å². The Morgan fingerprint density at radius 2 is 1.84 bits per heavy atom. The van der Waals surface area contributed by atoms with E-state index in [4.69, 9.17) is 9.47 Å². The first kappa shape index (κ1) is 18.4. The average molecular weight is 272 g/mol. The number of methoxy groups -OCH3 is 1. The van der Waals surface area contributed by atoms with Crippen LogP contribution in [0.4, 0.5) is 0 Å². The minimum absolute atomic E-state index is 0.0921. The standard InChI is InChI=1S/C16H32O3/c1-6-8-9-14(7-2)10-15(12-18-5)16(17)19-11-13(3)4/h13-15H,6-12H2,1-5H3. The lowest BCUT2D eigenvalue weighted by Gasteiger charge is -2.21. The second-order valence-corrected chi connectivity index (χ2v) is 5.83. The third-order valence-corrected chi connectivity index (χ3v) is 3.42. The predicted octanol–water partition coefficient (Wildman–Crippen LogP) is 4.05. The molecule has 2 unspecified atom stereocenters. The Balaban J connectivity index is 4.31. The van der Waals surface area contributed by atoms with Crippen LogP contribution in [0.15, 0.2) is 0 Å². The first-order valence-corrected chi connectivity index (χ1v) is 7.70. The van der Waals surface area contributed by atoms with Crippen LogP contribution in [0.25, 0.3) is 0 Å². The van der Waals surface area contributed by atoms with Gasteiger partial charge >= 0.3 is 5.97 Å². The molecule has 0 aromatic rings. The maximum absolute atomic E-state index is 12.1. The van der Waals surface area contributed by atoms with Crippen LogP contribution in [0.1, 0.15) is 59.8 Å². The van der Waals surface area contributed by atoms with Gasteiger partial charge in [0.15, 0.2) is 0 Å². The van der Waals surface area contributed by atoms with E-state index in [1.807, 2.05) is 0 Å². The molecule has 0 aliphatic rings. The molecule has 0 saturated heterocycles. The van der Waals surface area contributed by atoms with Gasteiger partial charge in [0.25, 0.3) is 0 Å². The highest BCUT2D eigenvalue weighted by molar-refractivity contribution is 5.72. The second kappa shape index (κ2) is 11.3. The van der Waals surface area contributed by atoms with E-state index in [-0.39, 0.29) is 11.9 Å². The first-order valence-electron chi connectivity index (χ1n) is 7.70. The van der Waals surface area contributed by atoms with Gasteiger partial charge in [-0.2, -0.15) is 0 Å². The Morgan fingerprint density at radius 3 is 2.32 bits per heavy atom. The smallest absolute Gasteiger partial charge is 0.311 e. The van der Waals surface area contributed by atoms with E-state index < -0.39 is 0 Å². The van der Waals surface area contributed by atoms with Gasteiger partial charge in [0, 0.05) is 7.11 Å². The van der Waals surface area contributed by atoms with Crippen LogP contribution >= 0.6 is 0 Å². The molecule has 3 nitrogen and oxygen atoms in total. The summed E-state index contributed by atoms with van der Waals surface area (Å²) < 4.78 is 10.5. The third-order valence-electron chi connectivity index (χ3n) is 3.42. The van der Waals surface area contributed by atoms with Gasteiger partial charge in [0.1, 0.15) is 0 Å². The van der Waals surface area contributed by atoms with E-state index in [1.54, 1.807) is 7.11 Å². The quantitative estimate of drug-likeness (QED) is 0.532. The predicted molar refractivity (Wildman–Crippen MR) is 79.1 cm³/mol. The van der Waals surface area contributed by atoms with Crippen molar-refractivity contribution in [2.24, 2.45) is 17.8 Å². The lowest BCUT2D eigenvalue weighted by atomic mass is 9.89. The van der Waals surface area contributed by atoms with Crippen LogP contribution in [0, 0.1) is 17.8 Å². The topological polar surface area (TPSA) is 35.5 Å². The van der Waals surface area contributed by atoms with Crippen LogP contribution < -0.4 is 0 Å². The van der Waals surface area contributed by atoms with Gasteiger partial charge in [-0.3, -0.25) is 4.79 Å². The molecule has 114 valence electrons. The summed E-state index contributed by atoms with van der Waals surface area (Å²) in [5.41, 5.74) is 0. The molecule has 0 aromatic heterocycles. The van der Waals surface area contributed by atoms with E-state index in [0.29, 0.717) is 25.0 Å². The summed E-state index contributed by atoms with van der Waals surface area (Å²) in [5.74, 6) is 0.789. The number of carbonyl (C=O) groups excluding carboxylic acids is 1. The molecule has 3 heteroatoms. The van der Waals surface area contributed by atoms with Crippen LogP contribution in [-0.2, 0) is 14.3 Å². The zero-order chi connectivity index (χ0) is 14.7. The summed E-state index contributed by atoms with van der Waals surface area (Å²) in [5, 5.41) is 0. The van der Waals surface area contributed by atoms with Crippen molar-refractivity contribution in [3.05, 3.63) is 0 Å². The first-order chi connectivity index (χ1) is 9.04. The van der Waals surface area contributed by atoms with Gasteiger partial charge in [-0.25, -0.2) is 0 Å². The Kier molecular flexibility index (Phi) is 10.9. The van der Waals surface area contributed by atoms with Crippen LogP contribution in [0.2, 0.25) is 0 Å². The summed E-state index contributed by atoms with van der Waals surface area (Å²) in [4.78, 5) is 12.1. The SMILES string of the molecule is CCCCC(CC)CC(COC)C(=O)OCC(C)C. The lowest BCUT2D eigenvalue weighted by Crippen LogP contribution is -2.26. The summed E-state index contributed by atoms with van der Waals surface area (Å²) in [6, 6.07) is 0. The molecule has 0 N–H and O–H groups in total. The summed E-state index contributed by atoms with van der Waals surface area (Å²) in [7, 11) is 1.65. The highest BCUT2D eigenvalue weighted by Gasteiger charge is 2.23. The van der Waals surface area contributed by atoms with E-state index in [1.165, 1.54) is 19.3 Å². The van der Waals surface area contributed by atoms with Crippen molar-refractivity contribution in [2.75, 3.05) is 20.3 Å². The third kappa shape index (κ3) is 9.04. The van der Waals surface area contributed by atoms with E-state index >= 15 is 0 Å². The van der Waals surface area contributed by atoms with Crippen LogP contribution in [0.3, 0.4) is 0 Å². The van der Waals surface area contributed by atoms with E-state index in [0.717, 1.165) is 12.8 Å². The molecule has 0 spiro atoms. The molecule has 0 aliphatic carbocycles. The molecule has 0 amide bonds. The molecule has 0 rings (SSSR count). The Hall–Kier alpha value is -0.570. The molecule has 2 atom stereocenters. The molecule has 0 bridgehead atoms. The van der Waals surface area contributed by atoms with Crippen LogP contribution in [-0.4, -0.2) is 26.3 Å². The summed E-state index contributed by atoms with van der Waals surface area (Å²) >= 11 is 0. The maximum atomic E-state index is 12.1. The zero-order valence-corrected chi connectivity index (χ0v) is 13.4. The molecular weight excluding hydrogens is 240 g/mol. The molecule has 0 aliphatic heterocycles. The molecule has 0 fully saturated rings. The fraction of sp³-hybridized carbons (Fsp3) is 0.938. The molecule has 19 heavy (non-hydrogen) atoms. The van der Waals surface area contributed by atoms with Gasteiger partial charge in [0.2, 0.25) is 0 Å².